The van der Waals surface area contributed by atoms with Crippen LogP contribution in [0.4, 0.5) is 0 Å². The zero-order valence-corrected chi connectivity index (χ0v) is 11.1. The van der Waals surface area contributed by atoms with E-state index in [1.54, 1.807) is 0 Å². The molecule has 1 aromatic carbocycles. The average Bonchev–Trinajstić information content (AvgIpc) is 2.58. The number of halogens is 1. The van der Waals surface area contributed by atoms with Crippen LogP contribution in [0.25, 0.3) is 0 Å². The third-order valence-electron chi connectivity index (χ3n) is 3.20. The number of nitrogens with zero attached hydrogens (tertiary/aromatic N) is 1. The minimum atomic E-state index is -0.423. The number of imide groups is 1. The average molecular weight is 267 g/mol. The van der Waals surface area contributed by atoms with Crippen LogP contribution in [0.2, 0.25) is 5.02 Å². The van der Waals surface area contributed by atoms with Gasteiger partial charge in [-0.2, -0.15) is 0 Å². The van der Waals surface area contributed by atoms with E-state index in [1.165, 1.54) is 11.9 Å². The molecule has 4 nitrogen and oxygen atoms in total. The molecule has 1 aromatic rings. The lowest BCUT2D eigenvalue weighted by Gasteiger charge is -2.18. The SMILES string of the molecule is C[C@H](NC1CC(=O)N(C)C1=O)c1ccc(Cl)cc1. The molecule has 0 radical (unpaired) electrons. The molecule has 0 aromatic heterocycles. The number of hydrogen-bond acceptors (Lipinski definition) is 3. The Morgan fingerprint density at radius 2 is 1.94 bits per heavy atom. The summed E-state index contributed by atoms with van der Waals surface area (Å²) in [4.78, 5) is 24.3. The van der Waals surface area contributed by atoms with Gasteiger partial charge in [0.2, 0.25) is 11.8 Å². The quantitative estimate of drug-likeness (QED) is 0.848. The van der Waals surface area contributed by atoms with Crippen LogP contribution in [0.1, 0.15) is 24.9 Å². The van der Waals surface area contributed by atoms with Gasteiger partial charge in [0.1, 0.15) is 0 Å². The number of likely N-dealkylation sites (N-methyl/N-ethyl adjacent to an activating group) is 1. The highest BCUT2D eigenvalue weighted by molar-refractivity contribution is 6.30. The molecule has 96 valence electrons. The Morgan fingerprint density at radius 1 is 1.33 bits per heavy atom. The van der Waals surface area contributed by atoms with Gasteiger partial charge < -0.3 is 0 Å². The molecular formula is C13H15ClN2O2. The van der Waals surface area contributed by atoms with Crippen molar-refractivity contribution in [2.75, 3.05) is 7.05 Å². The highest BCUT2D eigenvalue weighted by Crippen LogP contribution is 2.19. The fourth-order valence-electron chi connectivity index (χ4n) is 2.04. The van der Waals surface area contributed by atoms with Gasteiger partial charge in [0.25, 0.3) is 0 Å². The highest BCUT2D eigenvalue weighted by Gasteiger charge is 2.36. The zero-order chi connectivity index (χ0) is 13.3. The summed E-state index contributed by atoms with van der Waals surface area (Å²) < 4.78 is 0. The van der Waals surface area contributed by atoms with E-state index in [0.29, 0.717) is 5.02 Å². The van der Waals surface area contributed by atoms with E-state index in [2.05, 4.69) is 5.32 Å². The van der Waals surface area contributed by atoms with Crippen LogP contribution in [0.15, 0.2) is 24.3 Å². The largest absolute Gasteiger partial charge is 0.299 e. The topological polar surface area (TPSA) is 49.4 Å². The number of carbonyl (C=O) groups excluding carboxylic acids is 2. The number of rotatable bonds is 3. The summed E-state index contributed by atoms with van der Waals surface area (Å²) in [5.41, 5.74) is 1.04. The summed E-state index contributed by atoms with van der Waals surface area (Å²) in [5, 5.41) is 3.85. The molecule has 1 fully saturated rings. The van der Waals surface area contributed by atoms with Crippen molar-refractivity contribution in [1.82, 2.24) is 10.2 Å². The van der Waals surface area contributed by atoms with Crippen LogP contribution in [0.3, 0.4) is 0 Å². The van der Waals surface area contributed by atoms with E-state index in [9.17, 15) is 9.59 Å². The van der Waals surface area contributed by atoms with Crippen LogP contribution in [0.5, 0.6) is 0 Å². The number of likely N-dealkylation sites (tertiary alicyclic amines) is 1. The Bertz CT molecular complexity index is 472. The van der Waals surface area contributed by atoms with Crippen molar-refractivity contribution in [1.29, 1.82) is 0 Å². The molecule has 2 amide bonds. The van der Waals surface area contributed by atoms with E-state index < -0.39 is 6.04 Å². The second-order valence-corrected chi connectivity index (χ2v) is 4.92. The molecule has 2 rings (SSSR count). The second-order valence-electron chi connectivity index (χ2n) is 4.49. The van der Waals surface area contributed by atoms with Gasteiger partial charge >= 0.3 is 0 Å². The van der Waals surface area contributed by atoms with Crippen molar-refractivity contribution < 1.29 is 9.59 Å². The predicted molar refractivity (Wildman–Crippen MR) is 69.2 cm³/mol. The Hall–Kier alpha value is -1.39. The standard InChI is InChI=1S/C13H15ClN2O2/c1-8(9-3-5-10(14)6-4-9)15-11-7-12(17)16(2)13(11)18/h3-6,8,11,15H,7H2,1-2H3/t8-,11?/m0/s1. The fourth-order valence-corrected chi connectivity index (χ4v) is 2.16. The van der Waals surface area contributed by atoms with Crippen LogP contribution in [-0.2, 0) is 9.59 Å². The number of benzene rings is 1. The molecule has 0 bridgehead atoms. The van der Waals surface area contributed by atoms with Gasteiger partial charge in [0.15, 0.2) is 0 Å². The first-order chi connectivity index (χ1) is 8.49. The highest BCUT2D eigenvalue weighted by atomic mass is 35.5. The summed E-state index contributed by atoms with van der Waals surface area (Å²) >= 11 is 5.82. The number of amides is 2. The van der Waals surface area contributed by atoms with Gasteiger partial charge in [0.05, 0.1) is 12.5 Å². The molecule has 1 saturated heterocycles. The van der Waals surface area contributed by atoms with Crippen LogP contribution in [-0.4, -0.2) is 29.8 Å². The fraction of sp³-hybridized carbons (Fsp3) is 0.385. The summed E-state index contributed by atoms with van der Waals surface area (Å²) in [6.45, 7) is 1.96. The maximum absolute atomic E-state index is 11.8. The van der Waals surface area contributed by atoms with Crippen molar-refractivity contribution in [2.24, 2.45) is 0 Å². The van der Waals surface area contributed by atoms with Crippen molar-refractivity contribution in [2.45, 2.75) is 25.4 Å². The molecule has 1 N–H and O–H groups in total. The lowest BCUT2D eigenvalue weighted by Crippen LogP contribution is -2.38. The number of hydrogen-bond donors (Lipinski definition) is 1. The summed E-state index contributed by atoms with van der Waals surface area (Å²) in [7, 11) is 1.51. The zero-order valence-electron chi connectivity index (χ0n) is 10.3. The third-order valence-corrected chi connectivity index (χ3v) is 3.45. The van der Waals surface area contributed by atoms with Crippen LogP contribution >= 0.6 is 11.6 Å². The van der Waals surface area contributed by atoms with Gasteiger partial charge in [-0.1, -0.05) is 23.7 Å². The first-order valence-corrected chi connectivity index (χ1v) is 6.18. The minimum absolute atomic E-state index is 0.00415. The molecule has 0 aliphatic carbocycles. The summed E-state index contributed by atoms with van der Waals surface area (Å²) in [5.74, 6) is -0.304. The lowest BCUT2D eigenvalue weighted by atomic mass is 10.1. The Kier molecular flexibility index (Phi) is 3.68. The smallest absolute Gasteiger partial charge is 0.246 e. The monoisotopic (exact) mass is 266 g/mol. The Morgan fingerprint density at radius 3 is 2.44 bits per heavy atom. The van der Waals surface area contributed by atoms with Gasteiger partial charge in [-0.05, 0) is 24.6 Å². The second kappa shape index (κ2) is 5.08. The Labute approximate surface area is 111 Å². The first-order valence-electron chi connectivity index (χ1n) is 5.81. The molecule has 0 spiro atoms. The van der Waals surface area contributed by atoms with E-state index in [0.717, 1.165) is 5.56 Å². The number of nitrogens with one attached hydrogen (secondary N) is 1. The molecular weight excluding hydrogens is 252 g/mol. The molecule has 18 heavy (non-hydrogen) atoms. The van der Waals surface area contributed by atoms with Crippen molar-refractivity contribution in [3.63, 3.8) is 0 Å². The van der Waals surface area contributed by atoms with Crippen molar-refractivity contribution in [3.8, 4) is 0 Å². The molecule has 1 heterocycles. The maximum Gasteiger partial charge on any atom is 0.246 e. The molecule has 5 heteroatoms. The van der Waals surface area contributed by atoms with Gasteiger partial charge in [-0.25, -0.2) is 0 Å². The summed E-state index contributed by atoms with van der Waals surface area (Å²) in [6, 6.07) is 7.00. The van der Waals surface area contributed by atoms with Crippen molar-refractivity contribution >= 4 is 23.4 Å². The number of carbonyl (C=O) groups is 2. The molecule has 1 unspecified atom stereocenters. The minimum Gasteiger partial charge on any atom is -0.299 e. The van der Waals surface area contributed by atoms with Crippen LogP contribution in [0, 0.1) is 0 Å². The van der Waals surface area contributed by atoms with E-state index in [4.69, 9.17) is 11.6 Å². The van der Waals surface area contributed by atoms with Gasteiger partial charge in [-0.15, -0.1) is 0 Å². The molecule has 1 aliphatic rings. The lowest BCUT2D eigenvalue weighted by molar-refractivity contribution is -0.137. The normalized spacial score (nSPS) is 21.5. The predicted octanol–water partition coefficient (Wildman–Crippen LogP) is 1.75. The van der Waals surface area contributed by atoms with E-state index >= 15 is 0 Å². The maximum atomic E-state index is 11.8. The van der Waals surface area contributed by atoms with Gasteiger partial charge in [-0.3, -0.25) is 19.8 Å². The van der Waals surface area contributed by atoms with E-state index in [-0.39, 0.29) is 24.3 Å². The third kappa shape index (κ3) is 2.54. The Balaban J connectivity index is 2.04. The molecule has 0 saturated carbocycles. The molecule has 2 atom stereocenters. The molecule has 1 aliphatic heterocycles. The van der Waals surface area contributed by atoms with Crippen LogP contribution < -0.4 is 5.32 Å². The van der Waals surface area contributed by atoms with E-state index in [1.807, 2.05) is 31.2 Å². The van der Waals surface area contributed by atoms with Gasteiger partial charge in [0, 0.05) is 18.1 Å². The first kappa shape index (κ1) is 13.1. The van der Waals surface area contributed by atoms with Crippen molar-refractivity contribution in [3.05, 3.63) is 34.9 Å². The summed E-state index contributed by atoms with van der Waals surface area (Å²) in [6.07, 6.45) is 0.229.